The molecule has 4 heteroatoms. The molecule has 0 rings (SSSR count). The van der Waals surface area contributed by atoms with Crippen LogP contribution >= 0.6 is 0 Å². The van der Waals surface area contributed by atoms with Crippen molar-refractivity contribution in [2.24, 2.45) is 0 Å². The van der Waals surface area contributed by atoms with Crippen molar-refractivity contribution in [1.29, 1.82) is 0 Å². The Bertz CT molecular complexity index is 147. The first kappa shape index (κ1) is 24.3. The molecule has 0 saturated heterocycles. The van der Waals surface area contributed by atoms with Crippen molar-refractivity contribution >= 4 is 6.16 Å². The molecule has 2 N–H and O–H groups in total. The van der Waals surface area contributed by atoms with Crippen LogP contribution in [0.4, 0.5) is 4.79 Å². The minimum atomic E-state index is -1.83. The van der Waals surface area contributed by atoms with Crippen LogP contribution in [0.15, 0.2) is 0 Å². The molecule has 0 atom stereocenters. The van der Waals surface area contributed by atoms with E-state index in [1.54, 1.807) is 0 Å². The molecule has 0 aromatic carbocycles. The van der Waals surface area contributed by atoms with Crippen LogP contribution in [0.25, 0.3) is 0 Å². The van der Waals surface area contributed by atoms with Crippen LogP contribution < -0.4 is 29.6 Å². The third-order valence-corrected chi connectivity index (χ3v) is 2.85. The Kier molecular flexibility index (Phi) is 29.9. The molecule has 0 spiro atoms. The number of hydrogen-bond donors (Lipinski definition) is 2. The van der Waals surface area contributed by atoms with Gasteiger partial charge in [-0.2, -0.15) is 6.42 Å². The van der Waals surface area contributed by atoms with Crippen molar-refractivity contribution in [1.82, 2.24) is 0 Å². The fourth-order valence-corrected chi connectivity index (χ4v) is 1.84. The van der Waals surface area contributed by atoms with Crippen LogP contribution in [0.1, 0.15) is 84.0 Å². The van der Waals surface area contributed by atoms with E-state index in [1.807, 2.05) is 0 Å². The molecule has 0 amide bonds. The van der Waals surface area contributed by atoms with Gasteiger partial charge in [-0.25, -0.2) is 4.79 Å². The van der Waals surface area contributed by atoms with Crippen LogP contribution in [0.2, 0.25) is 0 Å². The van der Waals surface area contributed by atoms with E-state index in [4.69, 9.17) is 15.0 Å². The molecular formula is C15H31NaO3. The number of carbonyl (C=O) groups is 1. The first-order valence-corrected chi connectivity index (χ1v) is 7.36. The molecule has 19 heavy (non-hydrogen) atoms. The van der Waals surface area contributed by atoms with Crippen molar-refractivity contribution in [2.45, 2.75) is 84.0 Å². The molecule has 0 aromatic heterocycles. The molecule has 3 nitrogen and oxygen atoms in total. The second-order valence-electron chi connectivity index (χ2n) is 4.67. The summed E-state index contributed by atoms with van der Waals surface area (Å²) in [5.41, 5.74) is 0. The molecule has 0 heterocycles. The summed E-state index contributed by atoms with van der Waals surface area (Å²) in [5, 5.41) is 13.9. The Morgan fingerprint density at radius 3 is 1.32 bits per heavy atom. The Hall–Kier alpha value is 0.270. The SMILES string of the molecule is O=C(O)O.[CH2-]CCCCCCCCCCCCC.[Na+]. The normalized spacial score (nSPS) is 9.16. The monoisotopic (exact) mass is 282 g/mol. The van der Waals surface area contributed by atoms with Gasteiger partial charge in [0.05, 0.1) is 0 Å². The van der Waals surface area contributed by atoms with Gasteiger partial charge >= 0.3 is 35.7 Å². The first-order chi connectivity index (χ1) is 8.65. The minimum absolute atomic E-state index is 0. The summed E-state index contributed by atoms with van der Waals surface area (Å²) in [4.78, 5) is 8.56. The molecule has 0 aliphatic heterocycles. The average Bonchev–Trinajstić information content (AvgIpc) is 2.31. The number of carboxylic acid groups (broad SMARTS) is 2. The van der Waals surface area contributed by atoms with E-state index in [1.165, 1.54) is 70.6 Å². The molecule has 0 aromatic rings. The quantitative estimate of drug-likeness (QED) is 0.348. The third kappa shape index (κ3) is 38.1. The molecular weight excluding hydrogens is 251 g/mol. The van der Waals surface area contributed by atoms with Gasteiger partial charge in [-0.3, -0.25) is 0 Å². The summed E-state index contributed by atoms with van der Waals surface area (Å²) >= 11 is 0. The Morgan fingerprint density at radius 1 is 0.789 bits per heavy atom. The van der Waals surface area contributed by atoms with Gasteiger partial charge in [0.15, 0.2) is 0 Å². The second kappa shape index (κ2) is 23.4. The van der Waals surface area contributed by atoms with Crippen LogP contribution in [0.3, 0.4) is 0 Å². The predicted molar refractivity (Wildman–Crippen MR) is 77.1 cm³/mol. The zero-order chi connectivity index (χ0) is 14.1. The largest absolute Gasteiger partial charge is 1.00 e. The van der Waals surface area contributed by atoms with Gasteiger partial charge in [0.1, 0.15) is 0 Å². The smallest absolute Gasteiger partial charge is 0.450 e. The van der Waals surface area contributed by atoms with Gasteiger partial charge in [-0.05, 0) is 0 Å². The summed E-state index contributed by atoms with van der Waals surface area (Å²) in [6.45, 7) is 6.14. The predicted octanol–water partition coefficient (Wildman–Crippen LogP) is 2.75. The number of rotatable bonds is 11. The van der Waals surface area contributed by atoms with Crippen molar-refractivity contribution in [3.63, 3.8) is 0 Å². The van der Waals surface area contributed by atoms with Crippen molar-refractivity contribution in [3.05, 3.63) is 6.92 Å². The van der Waals surface area contributed by atoms with Gasteiger partial charge < -0.3 is 17.1 Å². The first-order valence-electron chi connectivity index (χ1n) is 7.36. The Morgan fingerprint density at radius 2 is 1.05 bits per heavy atom. The van der Waals surface area contributed by atoms with Crippen molar-refractivity contribution in [2.75, 3.05) is 0 Å². The fraction of sp³-hybridized carbons (Fsp3) is 0.867. The Balaban J connectivity index is -0.000000448. The van der Waals surface area contributed by atoms with Gasteiger partial charge in [0.25, 0.3) is 0 Å². The van der Waals surface area contributed by atoms with E-state index in [0.717, 1.165) is 6.42 Å². The molecule has 0 bridgehead atoms. The van der Waals surface area contributed by atoms with Gasteiger partial charge in [0.2, 0.25) is 0 Å². The topological polar surface area (TPSA) is 57.5 Å². The maximum Gasteiger partial charge on any atom is 1.00 e. The molecule has 0 saturated carbocycles. The third-order valence-electron chi connectivity index (χ3n) is 2.85. The van der Waals surface area contributed by atoms with E-state index in [-0.39, 0.29) is 29.6 Å². The van der Waals surface area contributed by atoms with Gasteiger partial charge in [-0.1, -0.05) is 77.6 Å². The van der Waals surface area contributed by atoms with Crippen LogP contribution in [-0.2, 0) is 0 Å². The fourth-order valence-electron chi connectivity index (χ4n) is 1.84. The average molecular weight is 282 g/mol. The van der Waals surface area contributed by atoms with Gasteiger partial charge in [-0.15, -0.1) is 0 Å². The van der Waals surface area contributed by atoms with Gasteiger partial charge in [0, 0.05) is 0 Å². The van der Waals surface area contributed by atoms with Crippen LogP contribution in [0, 0.1) is 6.92 Å². The van der Waals surface area contributed by atoms with E-state index in [0.29, 0.717) is 0 Å². The molecule has 0 fully saturated rings. The van der Waals surface area contributed by atoms with E-state index >= 15 is 0 Å². The van der Waals surface area contributed by atoms with E-state index in [9.17, 15) is 0 Å². The minimum Gasteiger partial charge on any atom is -0.450 e. The number of hydrogen-bond acceptors (Lipinski definition) is 1. The van der Waals surface area contributed by atoms with Crippen molar-refractivity contribution < 1.29 is 44.6 Å². The van der Waals surface area contributed by atoms with Crippen molar-refractivity contribution in [3.8, 4) is 0 Å². The summed E-state index contributed by atoms with van der Waals surface area (Å²) in [7, 11) is 0. The van der Waals surface area contributed by atoms with Crippen LogP contribution in [-0.4, -0.2) is 16.4 Å². The molecule has 110 valence electrons. The molecule has 0 aliphatic rings. The molecule has 0 radical (unpaired) electrons. The zero-order valence-corrected chi connectivity index (χ0v) is 15.0. The standard InChI is InChI=1S/C14H29.CH2O3.Na/c1-3-5-7-9-11-13-14-12-10-8-6-4-2;2-1(3)4;/h1,3-14H2,2H3;(H2,2,3,4);/q-1;;+1. The molecule has 0 unspecified atom stereocenters. The summed E-state index contributed by atoms with van der Waals surface area (Å²) in [6.07, 6.45) is 15.0. The van der Waals surface area contributed by atoms with E-state index < -0.39 is 6.16 Å². The molecule has 0 aliphatic carbocycles. The second-order valence-corrected chi connectivity index (χ2v) is 4.67. The number of unbranched alkanes of at least 4 members (excludes halogenated alkanes) is 11. The summed E-state index contributed by atoms with van der Waals surface area (Å²) < 4.78 is 0. The zero-order valence-electron chi connectivity index (χ0n) is 13.0. The maximum atomic E-state index is 8.56. The maximum absolute atomic E-state index is 8.56. The van der Waals surface area contributed by atoms with E-state index in [2.05, 4.69) is 13.8 Å². The van der Waals surface area contributed by atoms with Crippen LogP contribution in [0.5, 0.6) is 0 Å². The summed E-state index contributed by atoms with van der Waals surface area (Å²) in [6, 6.07) is 0. The Labute approximate surface area is 141 Å². The summed E-state index contributed by atoms with van der Waals surface area (Å²) in [5.74, 6) is 0.